The molecule has 24 heavy (non-hydrogen) atoms. The van der Waals surface area contributed by atoms with Crippen LogP contribution in [-0.4, -0.2) is 28.3 Å². The number of carbonyl (C=O) groups is 1. The molecule has 2 aromatic carbocycles. The van der Waals surface area contributed by atoms with Crippen molar-refractivity contribution in [3.63, 3.8) is 0 Å². The first-order valence-corrected chi connectivity index (χ1v) is 8.89. The van der Waals surface area contributed by atoms with Crippen LogP contribution in [0.25, 0.3) is 16.8 Å². The van der Waals surface area contributed by atoms with E-state index in [9.17, 15) is 4.79 Å². The van der Waals surface area contributed by atoms with Gasteiger partial charge in [-0.2, -0.15) is 0 Å². The molecule has 0 saturated carbocycles. The van der Waals surface area contributed by atoms with E-state index >= 15 is 0 Å². The third-order valence-corrected chi connectivity index (χ3v) is 5.07. The third-order valence-electron chi connectivity index (χ3n) is 3.69. The van der Waals surface area contributed by atoms with Gasteiger partial charge in [0.2, 0.25) is 0 Å². The molecule has 0 unspecified atom stereocenters. The van der Waals surface area contributed by atoms with Crippen LogP contribution in [0.2, 0.25) is 0 Å². The standard InChI is InChI=1S/C19H17NO2S2/c1-3-11-20-18(21)17(24-19(20)23)12-15-14-8-6-5-7-13(14)9-10-16(15)22-4-2/h3,5-10,12H,1,4,11H2,2H3/b17-12-. The number of hydrogen-bond acceptors (Lipinski definition) is 4. The van der Waals surface area contributed by atoms with Gasteiger partial charge in [-0.1, -0.05) is 60.4 Å². The van der Waals surface area contributed by atoms with E-state index in [0.717, 1.165) is 22.1 Å². The van der Waals surface area contributed by atoms with Gasteiger partial charge in [0.1, 0.15) is 10.1 Å². The quantitative estimate of drug-likeness (QED) is 0.444. The van der Waals surface area contributed by atoms with Gasteiger partial charge in [0, 0.05) is 12.1 Å². The van der Waals surface area contributed by atoms with Crippen molar-refractivity contribution in [1.29, 1.82) is 0 Å². The van der Waals surface area contributed by atoms with Gasteiger partial charge in [-0.3, -0.25) is 9.69 Å². The molecule has 122 valence electrons. The highest BCUT2D eigenvalue weighted by Gasteiger charge is 2.31. The van der Waals surface area contributed by atoms with Crippen molar-refractivity contribution in [2.45, 2.75) is 6.92 Å². The second-order valence-corrected chi connectivity index (χ2v) is 6.89. The lowest BCUT2D eigenvalue weighted by atomic mass is 10.0. The Labute approximate surface area is 151 Å². The second-order valence-electron chi connectivity index (χ2n) is 5.21. The first-order chi connectivity index (χ1) is 11.7. The van der Waals surface area contributed by atoms with E-state index in [-0.39, 0.29) is 5.91 Å². The fraction of sp³-hybridized carbons (Fsp3) is 0.158. The summed E-state index contributed by atoms with van der Waals surface area (Å²) in [5, 5.41) is 2.16. The lowest BCUT2D eigenvalue weighted by molar-refractivity contribution is -0.121. The van der Waals surface area contributed by atoms with Crippen molar-refractivity contribution in [3.05, 3.63) is 59.5 Å². The van der Waals surface area contributed by atoms with E-state index in [4.69, 9.17) is 17.0 Å². The first kappa shape index (κ1) is 16.7. The molecule has 0 radical (unpaired) electrons. The summed E-state index contributed by atoms with van der Waals surface area (Å²) in [4.78, 5) is 14.7. The fourth-order valence-corrected chi connectivity index (χ4v) is 3.88. The highest BCUT2D eigenvalue weighted by molar-refractivity contribution is 8.26. The van der Waals surface area contributed by atoms with Gasteiger partial charge in [0.05, 0.1) is 11.5 Å². The van der Waals surface area contributed by atoms with Gasteiger partial charge in [-0.15, -0.1) is 6.58 Å². The van der Waals surface area contributed by atoms with Crippen LogP contribution in [0, 0.1) is 0 Å². The van der Waals surface area contributed by atoms with Crippen molar-refractivity contribution < 1.29 is 9.53 Å². The normalized spacial score (nSPS) is 16.2. The minimum atomic E-state index is -0.0831. The Balaban J connectivity index is 2.11. The molecule has 1 saturated heterocycles. The van der Waals surface area contributed by atoms with E-state index in [1.807, 2.05) is 49.4 Å². The van der Waals surface area contributed by atoms with E-state index in [1.165, 1.54) is 11.8 Å². The van der Waals surface area contributed by atoms with E-state index < -0.39 is 0 Å². The Morgan fingerprint density at radius 3 is 2.83 bits per heavy atom. The molecule has 0 N–H and O–H groups in total. The summed E-state index contributed by atoms with van der Waals surface area (Å²) in [7, 11) is 0. The average molecular weight is 355 g/mol. The van der Waals surface area contributed by atoms with Gasteiger partial charge in [0.15, 0.2) is 0 Å². The summed E-state index contributed by atoms with van der Waals surface area (Å²) >= 11 is 6.62. The zero-order valence-electron chi connectivity index (χ0n) is 13.3. The fourth-order valence-electron chi connectivity index (χ4n) is 2.62. The SMILES string of the molecule is C=CCN1C(=O)/C(=C/c2c(OCC)ccc3ccccc23)SC1=S. The number of amides is 1. The van der Waals surface area contributed by atoms with Gasteiger partial charge in [0.25, 0.3) is 5.91 Å². The molecular weight excluding hydrogens is 338 g/mol. The lowest BCUT2D eigenvalue weighted by Gasteiger charge is -2.12. The minimum Gasteiger partial charge on any atom is -0.493 e. The summed E-state index contributed by atoms with van der Waals surface area (Å²) in [6.07, 6.45) is 3.56. The highest BCUT2D eigenvalue weighted by atomic mass is 32.2. The predicted molar refractivity (Wildman–Crippen MR) is 105 cm³/mol. The Bertz CT molecular complexity index is 858. The molecule has 1 fully saturated rings. The number of carbonyl (C=O) groups excluding carboxylic acids is 1. The summed E-state index contributed by atoms with van der Waals surface area (Å²) in [5.41, 5.74) is 0.911. The number of rotatable bonds is 5. The smallest absolute Gasteiger partial charge is 0.266 e. The summed E-state index contributed by atoms with van der Waals surface area (Å²) in [6, 6.07) is 12.0. The van der Waals surface area contributed by atoms with Crippen LogP contribution in [0.1, 0.15) is 12.5 Å². The number of nitrogens with zero attached hydrogens (tertiary/aromatic N) is 1. The third kappa shape index (κ3) is 3.09. The van der Waals surface area contributed by atoms with E-state index in [0.29, 0.717) is 22.4 Å². The molecule has 1 aliphatic rings. The van der Waals surface area contributed by atoms with Gasteiger partial charge in [-0.05, 0) is 29.8 Å². The molecule has 0 bridgehead atoms. The molecule has 1 amide bonds. The number of ether oxygens (including phenoxy) is 1. The Morgan fingerprint density at radius 1 is 1.29 bits per heavy atom. The second kappa shape index (κ2) is 7.20. The van der Waals surface area contributed by atoms with Crippen LogP contribution >= 0.6 is 24.0 Å². The van der Waals surface area contributed by atoms with Crippen molar-refractivity contribution in [3.8, 4) is 5.75 Å². The zero-order chi connectivity index (χ0) is 17.1. The highest BCUT2D eigenvalue weighted by Crippen LogP contribution is 2.36. The molecule has 3 rings (SSSR count). The first-order valence-electron chi connectivity index (χ1n) is 7.66. The number of hydrogen-bond donors (Lipinski definition) is 0. The van der Waals surface area contributed by atoms with Crippen LogP contribution in [0.15, 0.2) is 54.0 Å². The zero-order valence-corrected chi connectivity index (χ0v) is 15.0. The Kier molecular flexibility index (Phi) is 5.02. The number of fused-ring (bicyclic) bond motifs is 1. The van der Waals surface area contributed by atoms with Crippen LogP contribution in [-0.2, 0) is 4.79 Å². The Morgan fingerprint density at radius 2 is 2.08 bits per heavy atom. The van der Waals surface area contributed by atoms with Crippen molar-refractivity contribution in [2.24, 2.45) is 0 Å². The molecule has 0 spiro atoms. The predicted octanol–water partition coefficient (Wildman–Crippen LogP) is 4.63. The number of thiocarbonyl (C=S) groups is 1. The van der Waals surface area contributed by atoms with Crippen molar-refractivity contribution in [1.82, 2.24) is 4.90 Å². The molecular formula is C19H17NO2S2. The molecule has 0 aliphatic carbocycles. The topological polar surface area (TPSA) is 29.5 Å². The largest absolute Gasteiger partial charge is 0.493 e. The molecule has 3 nitrogen and oxygen atoms in total. The lowest BCUT2D eigenvalue weighted by Crippen LogP contribution is -2.27. The summed E-state index contributed by atoms with van der Waals surface area (Å²) < 4.78 is 6.32. The number of benzene rings is 2. The maximum Gasteiger partial charge on any atom is 0.266 e. The summed E-state index contributed by atoms with van der Waals surface area (Å²) in [5.74, 6) is 0.686. The molecule has 2 aromatic rings. The molecule has 5 heteroatoms. The summed E-state index contributed by atoms with van der Waals surface area (Å²) in [6.45, 7) is 6.62. The van der Waals surface area contributed by atoms with Gasteiger partial charge in [-0.25, -0.2) is 0 Å². The maximum absolute atomic E-state index is 12.6. The molecule has 0 aromatic heterocycles. The average Bonchev–Trinajstić information content (AvgIpc) is 2.85. The van der Waals surface area contributed by atoms with E-state index in [2.05, 4.69) is 6.58 Å². The molecule has 0 atom stereocenters. The van der Waals surface area contributed by atoms with Crippen molar-refractivity contribution in [2.75, 3.05) is 13.2 Å². The van der Waals surface area contributed by atoms with Crippen LogP contribution in [0.4, 0.5) is 0 Å². The molecule has 1 aliphatic heterocycles. The van der Waals surface area contributed by atoms with Crippen LogP contribution in [0.3, 0.4) is 0 Å². The monoisotopic (exact) mass is 355 g/mol. The Hall–Kier alpha value is -2.11. The van der Waals surface area contributed by atoms with Crippen LogP contribution in [0.5, 0.6) is 5.75 Å². The minimum absolute atomic E-state index is 0.0831. The van der Waals surface area contributed by atoms with Gasteiger partial charge >= 0.3 is 0 Å². The van der Waals surface area contributed by atoms with Crippen molar-refractivity contribution >= 4 is 51.1 Å². The van der Waals surface area contributed by atoms with Crippen LogP contribution < -0.4 is 4.74 Å². The van der Waals surface area contributed by atoms with Gasteiger partial charge < -0.3 is 4.74 Å². The van der Waals surface area contributed by atoms with E-state index in [1.54, 1.807) is 11.0 Å². The number of thioether (sulfide) groups is 1. The maximum atomic E-state index is 12.6. The molecule has 1 heterocycles.